The molecule has 0 N–H and O–H groups in total. The molecule has 0 saturated carbocycles. The number of hydrogen-bond acceptors (Lipinski definition) is 2. The Bertz CT molecular complexity index is 2370. The summed E-state index contributed by atoms with van der Waals surface area (Å²) in [6.45, 7) is 10.4. The molecule has 0 radical (unpaired) electrons. The van der Waals surface area contributed by atoms with Crippen molar-refractivity contribution in [3.05, 3.63) is 121 Å². The molecule has 0 spiro atoms. The number of ether oxygens (including phenoxy) is 2. The van der Waals surface area contributed by atoms with E-state index in [4.69, 9.17) is 9.47 Å². The minimum atomic E-state index is -1.66. The van der Waals surface area contributed by atoms with Crippen LogP contribution in [0.3, 0.4) is 0 Å². The highest BCUT2D eigenvalue weighted by Gasteiger charge is 2.42. The van der Waals surface area contributed by atoms with Crippen LogP contribution in [-0.2, 0) is 0 Å². The van der Waals surface area contributed by atoms with E-state index >= 15 is 0 Å². The average molecular weight is 654 g/mol. The highest BCUT2D eigenvalue weighted by atomic mass is 28.3. The molecule has 0 atom stereocenters. The van der Waals surface area contributed by atoms with Crippen LogP contribution in [0.15, 0.2) is 121 Å². The zero-order valence-electron chi connectivity index (χ0n) is 27.8. The number of aromatic nitrogens is 1. The fourth-order valence-corrected chi connectivity index (χ4v) is 19.0. The summed E-state index contributed by atoms with van der Waals surface area (Å²) in [5, 5.41) is 5.84. The first-order valence-electron chi connectivity index (χ1n) is 17.2. The van der Waals surface area contributed by atoms with Crippen LogP contribution >= 0.6 is 0 Å². The van der Waals surface area contributed by atoms with Crippen LogP contribution in [-0.4, -0.2) is 27.4 Å². The van der Waals surface area contributed by atoms with E-state index in [-0.39, 0.29) is 6.71 Å². The number of fused-ring (bicyclic) bond motifs is 8. The zero-order chi connectivity index (χ0) is 32.4. The van der Waals surface area contributed by atoms with Crippen molar-refractivity contribution in [2.24, 2.45) is 0 Å². The lowest BCUT2D eigenvalue weighted by molar-refractivity contribution is 0.465. The Kier molecular flexibility index (Phi) is 5.81. The second-order valence-electron chi connectivity index (χ2n) is 15.2. The molecule has 0 unspecified atom stereocenters. The molecular formula is C42H36BNO2Si2. The van der Waals surface area contributed by atoms with E-state index in [0.717, 1.165) is 34.0 Å². The summed E-state index contributed by atoms with van der Waals surface area (Å²) in [7, 11) is -3.31. The van der Waals surface area contributed by atoms with Gasteiger partial charge in [0, 0.05) is 21.8 Å². The Morgan fingerprint density at radius 2 is 1.02 bits per heavy atom. The van der Waals surface area contributed by atoms with E-state index in [1.165, 1.54) is 56.1 Å². The molecule has 6 aromatic carbocycles. The van der Waals surface area contributed by atoms with Crippen LogP contribution in [0.5, 0.6) is 23.0 Å². The highest BCUT2D eigenvalue weighted by molar-refractivity contribution is 7.03. The maximum absolute atomic E-state index is 6.79. The SMILES string of the molecule is C[Si]1(C)CC[Si](C)(C)c2cc(-n3c4ccccc4c4ccccc43)c(-c3cc4c5c(c3)Oc3ccccc3B5c3ccccc3O4)cc21. The van der Waals surface area contributed by atoms with Crippen molar-refractivity contribution >= 4 is 71.4 Å². The Hall–Kier alpha value is -4.78. The Labute approximate surface area is 283 Å². The molecule has 48 heavy (non-hydrogen) atoms. The number of benzene rings is 6. The van der Waals surface area contributed by atoms with E-state index in [2.05, 4.69) is 152 Å². The van der Waals surface area contributed by atoms with Crippen LogP contribution in [0.4, 0.5) is 0 Å². The topological polar surface area (TPSA) is 23.4 Å². The largest absolute Gasteiger partial charge is 0.458 e. The van der Waals surface area contributed by atoms with Crippen molar-refractivity contribution < 1.29 is 9.47 Å². The van der Waals surface area contributed by atoms with Gasteiger partial charge in [-0.25, -0.2) is 0 Å². The van der Waals surface area contributed by atoms with Crippen LogP contribution in [0, 0.1) is 0 Å². The molecule has 0 amide bonds. The minimum Gasteiger partial charge on any atom is -0.458 e. The quantitative estimate of drug-likeness (QED) is 0.177. The third-order valence-electron chi connectivity index (χ3n) is 11.4. The van der Waals surface area contributed by atoms with Gasteiger partial charge < -0.3 is 14.0 Å². The third kappa shape index (κ3) is 3.93. The second kappa shape index (κ2) is 9.88. The van der Waals surface area contributed by atoms with Gasteiger partial charge in [0.25, 0.3) is 6.71 Å². The lowest BCUT2D eigenvalue weighted by Crippen LogP contribution is -2.63. The van der Waals surface area contributed by atoms with E-state index in [1.807, 2.05) is 0 Å². The molecule has 0 aliphatic carbocycles. The zero-order valence-corrected chi connectivity index (χ0v) is 29.8. The molecule has 3 nitrogen and oxygen atoms in total. The maximum atomic E-state index is 6.79. The van der Waals surface area contributed by atoms with Crippen LogP contribution < -0.4 is 36.2 Å². The van der Waals surface area contributed by atoms with Gasteiger partial charge in [-0.15, -0.1) is 0 Å². The predicted octanol–water partition coefficient (Wildman–Crippen LogP) is 8.02. The molecule has 1 aromatic heterocycles. The van der Waals surface area contributed by atoms with Crippen molar-refractivity contribution in [1.82, 2.24) is 4.57 Å². The Morgan fingerprint density at radius 1 is 0.542 bits per heavy atom. The van der Waals surface area contributed by atoms with Crippen molar-refractivity contribution in [3.63, 3.8) is 0 Å². The molecule has 4 heterocycles. The summed E-state index contributed by atoms with van der Waals surface area (Å²) in [4.78, 5) is 0. The van der Waals surface area contributed by atoms with Crippen molar-refractivity contribution in [2.45, 2.75) is 38.3 Å². The van der Waals surface area contributed by atoms with Gasteiger partial charge in [-0.3, -0.25) is 0 Å². The monoisotopic (exact) mass is 653 g/mol. The molecule has 0 saturated heterocycles. The molecule has 10 rings (SSSR count). The smallest absolute Gasteiger partial charge is 0.260 e. The van der Waals surface area contributed by atoms with Crippen LogP contribution in [0.2, 0.25) is 38.3 Å². The Morgan fingerprint density at radius 3 is 1.58 bits per heavy atom. The van der Waals surface area contributed by atoms with Crippen LogP contribution in [0.1, 0.15) is 0 Å². The number of rotatable bonds is 2. The maximum Gasteiger partial charge on any atom is 0.260 e. The summed E-state index contributed by atoms with van der Waals surface area (Å²) >= 11 is 0. The summed E-state index contributed by atoms with van der Waals surface area (Å²) < 4.78 is 16.1. The van der Waals surface area contributed by atoms with Gasteiger partial charge in [0.05, 0.1) is 32.9 Å². The molecule has 0 bridgehead atoms. The van der Waals surface area contributed by atoms with Gasteiger partial charge >= 0.3 is 0 Å². The highest BCUT2D eigenvalue weighted by Crippen LogP contribution is 2.42. The molecule has 232 valence electrons. The summed E-state index contributed by atoms with van der Waals surface area (Å²) in [6.07, 6.45) is 0. The van der Waals surface area contributed by atoms with Crippen LogP contribution in [0.25, 0.3) is 38.6 Å². The van der Waals surface area contributed by atoms with E-state index in [0.29, 0.717) is 0 Å². The standard InChI is InChI=1S/C42H36BNO2Si2/c1-47(2)21-22-48(3,4)41-26-35(44-33-17-9-5-13-28(33)29-14-6-10-18-34(29)44)30(25-40(41)47)27-23-38-42-39(24-27)46-37-20-12-8-16-32(37)43(42)31-15-7-11-19-36(31)45-38/h5-20,23-26H,21-22H2,1-4H3. The Balaban J connectivity index is 1.30. The van der Waals surface area contributed by atoms with Crippen molar-refractivity contribution in [3.8, 4) is 39.8 Å². The fraction of sp³-hybridized carbons (Fsp3) is 0.143. The number of nitrogens with zero attached hydrogens (tertiary/aromatic N) is 1. The minimum absolute atomic E-state index is 0.0671. The molecular weight excluding hydrogens is 617 g/mol. The number of para-hydroxylation sites is 4. The predicted molar refractivity (Wildman–Crippen MR) is 208 cm³/mol. The molecule has 7 aromatic rings. The van der Waals surface area contributed by atoms with Gasteiger partial charge in [-0.2, -0.15) is 0 Å². The van der Waals surface area contributed by atoms with E-state index in [9.17, 15) is 0 Å². The molecule has 3 aliphatic heterocycles. The first kappa shape index (κ1) is 28.3. The summed E-state index contributed by atoms with van der Waals surface area (Å²) in [6, 6.07) is 47.2. The fourth-order valence-electron chi connectivity index (χ4n) is 8.75. The average Bonchev–Trinajstić information content (AvgIpc) is 3.44. The molecule has 0 fully saturated rings. The number of hydrogen-bond donors (Lipinski definition) is 0. The first-order chi connectivity index (χ1) is 23.3. The van der Waals surface area contributed by atoms with E-state index < -0.39 is 16.1 Å². The van der Waals surface area contributed by atoms with Crippen molar-refractivity contribution in [1.29, 1.82) is 0 Å². The van der Waals surface area contributed by atoms with Gasteiger partial charge in [0.1, 0.15) is 23.0 Å². The van der Waals surface area contributed by atoms with Gasteiger partial charge in [-0.1, -0.05) is 128 Å². The lowest BCUT2D eigenvalue weighted by Gasteiger charge is -2.40. The normalized spacial score (nSPS) is 16.4. The molecule has 6 heteroatoms. The first-order valence-corrected chi connectivity index (χ1v) is 23.6. The van der Waals surface area contributed by atoms with Gasteiger partial charge in [-0.05, 0) is 59.0 Å². The third-order valence-corrected chi connectivity index (χ3v) is 18.9. The lowest BCUT2D eigenvalue weighted by atomic mass is 9.35. The summed E-state index contributed by atoms with van der Waals surface area (Å²) in [5.74, 6) is 3.61. The molecule has 3 aliphatic rings. The second-order valence-corrected chi connectivity index (χ2v) is 24.8. The van der Waals surface area contributed by atoms with E-state index in [1.54, 1.807) is 10.4 Å². The summed E-state index contributed by atoms with van der Waals surface area (Å²) in [5.41, 5.74) is 9.60. The van der Waals surface area contributed by atoms with Gasteiger partial charge in [0.15, 0.2) is 0 Å². The van der Waals surface area contributed by atoms with Gasteiger partial charge in [0.2, 0.25) is 0 Å². The van der Waals surface area contributed by atoms with Crippen molar-refractivity contribution in [2.75, 3.05) is 0 Å².